The zero-order chi connectivity index (χ0) is 22.2. The lowest BCUT2D eigenvalue weighted by atomic mass is 10.1. The number of para-hydroxylation sites is 2. The number of hydrogen-bond acceptors (Lipinski definition) is 5. The molecule has 0 aliphatic carbocycles. The summed E-state index contributed by atoms with van der Waals surface area (Å²) in [7, 11) is 0. The Morgan fingerprint density at radius 2 is 1.67 bits per heavy atom. The molecule has 8 heteroatoms. The smallest absolute Gasteiger partial charge is 0.261 e. The maximum absolute atomic E-state index is 13.0. The lowest BCUT2D eigenvalue weighted by molar-refractivity contribution is 0.102. The first kappa shape index (κ1) is 18.9. The van der Waals surface area contributed by atoms with Crippen LogP contribution in [0, 0.1) is 0 Å². The summed E-state index contributed by atoms with van der Waals surface area (Å²) in [5.41, 5.74) is 5.16. The summed E-state index contributed by atoms with van der Waals surface area (Å²) < 4.78 is 3.58. The maximum Gasteiger partial charge on any atom is 0.261 e. The number of benzene rings is 2. The molecule has 0 spiro atoms. The van der Waals surface area contributed by atoms with Crippen molar-refractivity contribution in [2.75, 3.05) is 5.32 Å². The molecule has 6 rings (SSSR count). The third-order valence-electron chi connectivity index (χ3n) is 5.42. The predicted molar refractivity (Wildman–Crippen MR) is 125 cm³/mol. The number of anilines is 1. The summed E-state index contributed by atoms with van der Waals surface area (Å²) in [6.07, 6.45) is 6.57. The fraction of sp³-hybridized carbons (Fsp3) is 0. The fourth-order valence-electron chi connectivity index (χ4n) is 3.82. The zero-order valence-electron chi connectivity index (χ0n) is 17.3. The van der Waals surface area contributed by atoms with E-state index < -0.39 is 0 Å². The standard InChI is InChI=1S/C25H17N7O/c33-25(19-15-29-32-21(12-13-26-24(19)32)17-6-2-1-3-7-17)30-18-10-11-23(27-14-18)31-16-28-20-8-4-5-9-22(20)31/h1-16H,(H,30,33). The zero-order valence-corrected chi connectivity index (χ0v) is 17.3. The lowest BCUT2D eigenvalue weighted by Crippen LogP contribution is -2.12. The van der Waals surface area contributed by atoms with E-state index in [9.17, 15) is 4.79 Å². The molecule has 8 nitrogen and oxygen atoms in total. The van der Waals surface area contributed by atoms with Gasteiger partial charge in [0.05, 0.1) is 34.8 Å². The third kappa shape index (κ3) is 3.30. The molecule has 0 aliphatic rings. The fourth-order valence-corrected chi connectivity index (χ4v) is 3.82. The van der Waals surface area contributed by atoms with E-state index in [4.69, 9.17) is 0 Å². The number of carbonyl (C=O) groups excluding carboxylic acids is 1. The average Bonchev–Trinajstić information content (AvgIpc) is 3.50. The topological polar surface area (TPSA) is 90.0 Å². The van der Waals surface area contributed by atoms with E-state index in [0.29, 0.717) is 22.7 Å². The van der Waals surface area contributed by atoms with Gasteiger partial charge in [0.15, 0.2) is 5.65 Å². The van der Waals surface area contributed by atoms with Gasteiger partial charge >= 0.3 is 0 Å². The van der Waals surface area contributed by atoms with E-state index >= 15 is 0 Å². The number of rotatable bonds is 4. The van der Waals surface area contributed by atoms with Gasteiger partial charge in [-0.1, -0.05) is 42.5 Å². The largest absolute Gasteiger partial charge is 0.320 e. The van der Waals surface area contributed by atoms with Crippen LogP contribution in [0.5, 0.6) is 0 Å². The first-order chi connectivity index (χ1) is 16.3. The Morgan fingerprint density at radius 1 is 0.818 bits per heavy atom. The Kier molecular flexibility index (Phi) is 4.40. The van der Waals surface area contributed by atoms with Crippen LogP contribution < -0.4 is 5.32 Å². The van der Waals surface area contributed by atoms with Gasteiger partial charge < -0.3 is 5.32 Å². The molecule has 1 N–H and O–H groups in total. The second kappa shape index (κ2) is 7.69. The Labute approximate surface area is 188 Å². The molecule has 0 bridgehead atoms. The van der Waals surface area contributed by atoms with E-state index in [1.165, 1.54) is 6.20 Å². The van der Waals surface area contributed by atoms with Gasteiger partial charge in [-0.05, 0) is 30.3 Å². The van der Waals surface area contributed by atoms with Crippen LogP contribution in [0.25, 0.3) is 33.8 Å². The number of hydrogen-bond donors (Lipinski definition) is 1. The minimum absolute atomic E-state index is 0.301. The van der Waals surface area contributed by atoms with Crippen molar-refractivity contribution in [2.24, 2.45) is 0 Å². The second-order valence-corrected chi connectivity index (χ2v) is 7.45. The van der Waals surface area contributed by atoms with Crippen molar-refractivity contribution in [3.63, 3.8) is 0 Å². The first-order valence-electron chi connectivity index (χ1n) is 10.4. The van der Waals surface area contributed by atoms with Crippen LogP contribution in [0.15, 0.2) is 97.7 Å². The molecular weight excluding hydrogens is 414 g/mol. The summed E-state index contributed by atoms with van der Waals surface area (Å²) in [6.45, 7) is 0. The van der Waals surface area contributed by atoms with Crippen molar-refractivity contribution in [3.05, 3.63) is 103 Å². The summed E-state index contributed by atoms with van der Waals surface area (Å²) >= 11 is 0. The molecule has 33 heavy (non-hydrogen) atoms. The van der Waals surface area contributed by atoms with Gasteiger partial charge in [0.2, 0.25) is 0 Å². The molecule has 0 saturated carbocycles. The molecular formula is C25H17N7O. The molecule has 0 radical (unpaired) electrons. The second-order valence-electron chi connectivity index (χ2n) is 7.45. The minimum Gasteiger partial charge on any atom is -0.320 e. The highest BCUT2D eigenvalue weighted by molar-refractivity contribution is 6.08. The van der Waals surface area contributed by atoms with Gasteiger partial charge in [-0.25, -0.2) is 19.5 Å². The SMILES string of the molecule is O=C(Nc1ccc(-n2cnc3ccccc32)nc1)c1cnn2c(-c3ccccc3)ccnc12. The number of imidazole rings is 1. The summed E-state index contributed by atoms with van der Waals surface area (Å²) in [5, 5.41) is 7.29. The van der Waals surface area contributed by atoms with Crippen molar-refractivity contribution in [1.82, 2.24) is 29.1 Å². The normalized spacial score (nSPS) is 11.2. The van der Waals surface area contributed by atoms with Crippen molar-refractivity contribution >= 4 is 28.3 Å². The van der Waals surface area contributed by atoms with E-state index in [0.717, 1.165) is 22.3 Å². The molecule has 0 unspecified atom stereocenters. The number of carbonyl (C=O) groups is 1. The van der Waals surface area contributed by atoms with Gasteiger partial charge in [-0.3, -0.25) is 9.36 Å². The summed E-state index contributed by atoms with van der Waals surface area (Å²) in [6, 6.07) is 23.2. The molecule has 2 aromatic carbocycles. The molecule has 0 atom stereocenters. The van der Waals surface area contributed by atoms with E-state index in [1.807, 2.05) is 77.4 Å². The lowest BCUT2D eigenvalue weighted by Gasteiger charge is -2.07. The summed E-state index contributed by atoms with van der Waals surface area (Å²) in [5.74, 6) is 0.414. The Balaban J connectivity index is 1.28. The van der Waals surface area contributed by atoms with E-state index in [-0.39, 0.29) is 5.91 Å². The molecule has 0 fully saturated rings. The Hall–Kier alpha value is -4.85. The summed E-state index contributed by atoms with van der Waals surface area (Å²) in [4.78, 5) is 26.2. The van der Waals surface area contributed by atoms with Crippen LogP contribution in [0.2, 0.25) is 0 Å². The number of nitrogens with one attached hydrogen (secondary N) is 1. The third-order valence-corrected chi connectivity index (χ3v) is 5.42. The number of nitrogens with zero attached hydrogens (tertiary/aromatic N) is 6. The van der Waals surface area contributed by atoms with Crippen molar-refractivity contribution in [3.8, 4) is 17.1 Å². The molecule has 1 amide bonds. The highest BCUT2D eigenvalue weighted by Crippen LogP contribution is 2.22. The van der Waals surface area contributed by atoms with Gasteiger partial charge in [0.25, 0.3) is 5.91 Å². The van der Waals surface area contributed by atoms with Crippen molar-refractivity contribution in [1.29, 1.82) is 0 Å². The van der Waals surface area contributed by atoms with Crippen LogP contribution in [0.1, 0.15) is 10.4 Å². The first-order valence-corrected chi connectivity index (χ1v) is 10.4. The van der Waals surface area contributed by atoms with Gasteiger partial charge in [-0.15, -0.1) is 0 Å². The number of fused-ring (bicyclic) bond motifs is 2. The Bertz CT molecular complexity index is 1600. The Morgan fingerprint density at radius 3 is 2.52 bits per heavy atom. The van der Waals surface area contributed by atoms with Crippen LogP contribution in [-0.2, 0) is 0 Å². The van der Waals surface area contributed by atoms with Gasteiger partial charge in [0.1, 0.15) is 17.7 Å². The highest BCUT2D eigenvalue weighted by atomic mass is 16.1. The number of aromatic nitrogens is 6. The van der Waals surface area contributed by atoms with E-state index in [1.54, 1.807) is 23.2 Å². The molecule has 158 valence electrons. The average molecular weight is 431 g/mol. The van der Waals surface area contributed by atoms with Crippen LogP contribution in [0.4, 0.5) is 5.69 Å². The molecule has 0 aliphatic heterocycles. The van der Waals surface area contributed by atoms with E-state index in [2.05, 4.69) is 25.4 Å². The molecule has 0 saturated heterocycles. The van der Waals surface area contributed by atoms with Crippen molar-refractivity contribution in [2.45, 2.75) is 0 Å². The van der Waals surface area contributed by atoms with Crippen LogP contribution >= 0.6 is 0 Å². The quantitative estimate of drug-likeness (QED) is 0.447. The predicted octanol–water partition coefficient (Wildman–Crippen LogP) is 4.38. The highest BCUT2D eigenvalue weighted by Gasteiger charge is 2.16. The van der Waals surface area contributed by atoms with Crippen molar-refractivity contribution < 1.29 is 4.79 Å². The molecule has 4 heterocycles. The molecule has 4 aromatic heterocycles. The van der Waals surface area contributed by atoms with Gasteiger partial charge in [-0.2, -0.15) is 5.10 Å². The number of amides is 1. The minimum atomic E-state index is -0.301. The monoisotopic (exact) mass is 431 g/mol. The molecule has 6 aromatic rings. The van der Waals surface area contributed by atoms with Crippen LogP contribution in [0.3, 0.4) is 0 Å². The number of pyridine rings is 1. The van der Waals surface area contributed by atoms with Gasteiger partial charge in [0, 0.05) is 11.8 Å². The maximum atomic E-state index is 13.0. The van der Waals surface area contributed by atoms with Crippen LogP contribution in [-0.4, -0.2) is 35.0 Å².